The predicted octanol–water partition coefficient (Wildman–Crippen LogP) is 0.616. The van der Waals surface area contributed by atoms with Crippen molar-refractivity contribution >= 4 is 22.4 Å². The van der Waals surface area contributed by atoms with Crippen molar-refractivity contribution in [2.45, 2.75) is 12.3 Å². The highest BCUT2D eigenvalue weighted by atomic mass is 35.5. The molecule has 0 aromatic heterocycles. The molecule has 0 spiro atoms. The number of rotatable bonds is 4. The van der Waals surface area contributed by atoms with Crippen LogP contribution in [0.1, 0.15) is 11.1 Å². The second-order valence-corrected chi connectivity index (χ2v) is 4.91. The summed E-state index contributed by atoms with van der Waals surface area (Å²) in [7, 11) is -1.77. The summed E-state index contributed by atoms with van der Waals surface area (Å²) < 4.78 is 24.6. The molecule has 0 fully saturated rings. The zero-order valence-electron chi connectivity index (χ0n) is 8.43. The third-order valence-electron chi connectivity index (χ3n) is 1.93. The molecule has 4 nitrogen and oxygen atoms in total. The van der Waals surface area contributed by atoms with E-state index >= 15 is 0 Å². The first-order valence-electron chi connectivity index (χ1n) is 4.26. The van der Waals surface area contributed by atoms with Gasteiger partial charge in [0.1, 0.15) is 0 Å². The fourth-order valence-electron chi connectivity index (χ4n) is 1.06. The lowest BCUT2D eigenvalue weighted by Gasteiger charge is -2.03. The minimum atomic E-state index is -3.17. The maximum atomic E-state index is 11.2. The summed E-state index contributed by atoms with van der Waals surface area (Å²) in [5.74, 6) is 0.00829. The van der Waals surface area contributed by atoms with E-state index in [0.717, 1.165) is 11.1 Å². The van der Waals surface area contributed by atoms with Crippen LogP contribution in [0.3, 0.4) is 0 Å². The van der Waals surface area contributed by atoms with Crippen LogP contribution in [0.5, 0.6) is 0 Å². The van der Waals surface area contributed by atoms with Crippen LogP contribution in [0, 0.1) is 0 Å². The molecule has 1 aromatic rings. The first kappa shape index (κ1) is 14.4. The first-order chi connectivity index (χ1) is 6.57. The number of hydrogen-bond donors (Lipinski definition) is 2. The number of halogens is 1. The van der Waals surface area contributed by atoms with E-state index in [1.54, 1.807) is 12.1 Å². The van der Waals surface area contributed by atoms with Crippen LogP contribution < -0.4 is 10.5 Å². The van der Waals surface area contributed by atoms with E-state index in [1.165, 1.54) is 7.05 Å². The van der Waals surface area contributed by atoms with Crippen molar-refractivity contribution in [3.63, 3.8) is 0 Å². The minimum Gasteiger partial charge on any atom is -0.326 e. The maximum absolute atomic E-state index is 11.2. The molecular formula is C9H15ClN2O2S. The van der Waals surface area contributed by atoms with E-state index in [0.29, 0.717) is 6.54 Å². The summed E-state index contributed by atoms with van der Waals surface area (Å²) in [6.07, 6.45) is 0. The maximum Gasteiger partial charge on any atom is 0.215 e. The third kappa shape index (κ3) is 4.61. The monoisotopic (exact) mass is 250 g/mol. The van der Waals surface area contributed by atoms with Crippen molar-refractivity contribution in [1.29, 1.82) is 0 Å². The van der Waals surface area contributed by atoms with Crippen LogP contribution in [0.2, 0.25) is 0 Å². The number of nitrogens with two attached hydrogens (primary N) is 1. The summed E-state index contributed by atoms with van der Waals surface area (Å²) in [6.45, 7) is 0.471. The molecule has 6 heteroatoms. The lowest BCUT2D eigenvalue weighted by atomic mass is 10.1. The van der Waals surface area contributed by atoms with Gasteiger partial charge in [-0.05, 0) is 18.2 Å². The normalized spacial score (nSPS) is 10.8. The first-order valence-corrected chi connectivity index (χ1v) is 5.92. The lowest BCUT2D eigenvalue weighted by molar-refractivity contribution is 0.587. The second kappa shape index (κ2) is 6.07. The molecule has 0 radical (unpaired) electrons. The molecule has 1 rings (SSSR count). The van der Waals surface area contributed by atoms with Crippen LogP contribution in [-0.2, 0) is 22.3 Å². The molecule has 0 aliphatic rings. The molecule has 0 saturated carbocycles. The van der Waals surface area contributed by atoms with Gasteiger partial charge in [0.05, 0.1) is 5.75 Å². The molecule has 0 saturated heterocycles. The van der Waals surface area contributed by atoms with E-state index in [1.807, 2.05) is 12.1 Å². The van der Waals surface area contributed by atoms with Gasteiger partial charge in [0.15, 0.2) is 0 Å². The van der Waals surface area contributed by atoms with Gasteiger partial charge in [0.25, 0.3) is 0 Å². The van der Waals surface area contributed by atoms with E-state index < -0.39 is 10.0 Å². The highest BCUT2D eigenvalue weighted by Gasteiger charge is 2.07. The van der Waals surface area contributed by atoms with E-state index in [2.05, 4.69) is 4.72 Å². The zero-order chi connectivity index (χ0) is 10.6. The second-order valence-electron chi connectivity index (χ2n) is 2.98. The fourth-order valence-corrected chi connectivity index (χ4v) is 1.84. The summed E-state index contributed by atoms with van der Waals surface area (Å²) in [5, 5.41) is 0. The smallest absolute Gasteiger partial charge is 0.215 e. The van der Waals surface area contributed by atoms with Crippen LogP contribution in [0.4, 0.5) is 0 Å². The molecule has 0 aliphatic carbocycles. The third-order valence-corrected chi connectivity index (χ3v) is 3.26. The molecule has 0 bridgehead atoms. The Morgan fingerprint density at radius 3 is 2.07 bits per heavy atom. The Bertz CT molecular complexity index is 389. The Hall–Kier alpha value is -0.620. The van der Waals surface area contributed by atoms with Gasteiger partial charge < -0.3 is 5.73 Å². The highest BCUT2D eigenvalue weighted by molar-refractivity contribution is 7.88. The van der Waals surface area contributed by atoms with Crippen molar-refractivity contribution in [1.82, 2.24) is 4.72 Å². The summed E-state index contributed by atoms with van der Waals surface area (Å²) in [6, 6.07) is 7.22. The minimum absolute atomic E-state index is 0. The van der Waals surface area contributed by atoms with Crippen LogP contribution in [0.25, 0.3) is 0 Å². The molecule has 0 atom stereocenters. The number of hydrogen-bond acceptors (Lipinski definition) is 3. The van der Waals surface area contributed by atoms with Gasteiger partial charge in [0, 0.05) is 6.54 Å². The highest BCUT2D eigenvalue weighted by Crippen LogP contribution is 2.06. The van der Waals surface area contributed by atoms with E-state index in [-0.39, 0.29) is 18.2 Å². The van der Waals surface area contributed by atoms with Crippen molar-refractivity contribution < 1.29 is 8.42 Å². The average molecular weight is 251 g/mol. The predicted molar refractivity (Wildman–Crippen MR) is 63.3 cm³/mol. The van der Waals surface area contributed by atoms with E-state index in [4.69, 9.17) is 5.73 Å². The molecule has 1 aromatic carbocycles. The van der Waals surface area contributed by atoms with Gasteiger partial charge in [-0.1, -0.05) is 24.3 Å². The number of benzene rings is 1. The van der Waals surface area contributed by atoms with Crippen LogP contribution in [-0.4, -0.2) is 15.5 Å². The molecule has 0 amide bonds. The Balaban J connectivity index is 0.00000196. The summed E-state index contributed by atoms with van der Waals surface area (Å²) >= 11 is 0. The van der Waals surface area contributed by atoms with Crippen molar-refractivity contribution in [2.75, 3.05) is 7.05 Å². The van der Waals surface area contributed by atoms with Crippen molar-refractivity contribution in [2.24, 2.45) is 5.73 Å². The van der Waals surface area contributed by atoms with Crippen molar-refractivity contribution in [3.05, 3.63) is 35.4 Å². The molecule has 3 N–H and O–H groups in total. The van der Waals surface area contributed by atoms with Crippen molar-refractivity contribution in [3.8, 4) is 0 Å². The summed E-state index contributed by atoms with van der Waals surface area (Å²) in [5.41, 5.74) is 7.18. The van der Waals surface area contributed by atoms with Crippen LogP contribution >= 0.6 is 12.4 Å². The molecule has 0 unspecified atom stereocenters. The van der Waals surface area contributed by atoms with Gasteiger partial charge in [0.2, 0.25) is 10.0 Å². The topological polar surface area (TPSA) is 72.2 Å². The van der Waals surface area contributed by atoms with Gasteiger partial charge in [-0.3, -0.25) is 0 Å². The van der Waals surface area contributed by atoms with Gasteiger partial charge in [-0.25, -0.2) is 13.1 Å². The van der Waals surface area contributed by atoms with E-state index in [9.17, 15) is 8.42 Å². The Morgan fingerprint density at radius 2 is 1.67 bits per heavy atom. The SMILES string of the molecule is CNS(=O)(=O)Cc1ccc(CN)cc1.Cl. The average Bonchev–Trinajstić information content (AvgIpc) is 2.19. The Kier molecular flexibility index (Phi) is 5.82. The summed E-state index contributed by atoms with van der Waals surface area (Å²) in [4.78, 5) is 0. The fraction of sp³-hybridized carbons (Fsp3) is 0.333. The molecule has 86 valence electrons. The van der Waals surface area contributed by atoms with Gasteiger partial charge >= 0.3 is 0 Å². The standard InChI is InChI=1S/C9H14N2O2S.ClH/c1-11-14(12,13)7-9-4-2-8(6-10)3-5-9;/h2-5,11H,6-7,10H2,1H3;1H. The van der Waals surface area contributed by atoms with Gasteiger partial charge in [-0.2, -0.15) is 0 Å². The largest absolute Gasteiger partial charge is 0.326 e. The van der Waals surface area contributed by atoms with Gasteiger partial charge in [-0.15, -0.1) is 12.4 Å². The molecular weight excluding hydrogens is 236 g/mol. The molecule has 15 heavy (non-hydrogen) atoms. The number of nitrogens with one attached hydrogen (secondary N) is 1. The Labute approximate surface area is 96.3 Å². The zero-order valence-corrected chi connectivity index (χ0v) is 10.1. The quantitative estimate of drug-likeness (QED) is 0.823. The molecule has 0 aliphatic heterocycles. The Morgan fingerprint density at radius 1 is 1.20 bits per heavy atom. The lowest BCUT2D eigenvalue weighted by Crippen LogP contribution is -2.20. The molecule has 0 heterocycles. The van der Waals surface area contributed by atoms with Crippen LogP contribution in [0.15, 0.2) is 24.3 Å². The number of sulfonamides is 1.